The van der Waals surface area contributed by atoms with Gasteiger partial charge in [-0.1, -0.05) is 164 Å². The molecule has 10 rings (SSSR count). The predicted octanol–water partition coefficient (Wildman–Crippen LogP) is 11.6. The van der Waals surface area contributed by atoms with Crippen molar-refractivity contribution in [2.45, 2.75) is 5.92 Å². The highest BCUT2D eigenvalue weighted by atomic mass is 16.3. The maximum atomic E-state index is 6.86. The molecule has 0 N–H and O–H groups in total. The highest BCUT2D eigenvalue weighted by Gasteiger charge is 2.34. The first kappa shape index (κ1) is 28.4. The second kappa shape index (κ2) is 11.5. The summed E-state index contributed by atoms with van der Waals surface area (Å²) in [7, 11) is 0. The number of furan rings is 1. The molecule has 1 aliphatic carbocycles. The molecule has 1 aliphatic rings. The second-order valence-electron chi connectivity index (χ2n) is 12.7. The lowest BCUT2D eigenvalue weighted by atomic mass is 9.87. The fourth-order valence-corrected chi connectivity index (χ4v) is 7.66. The van der Waals surface area contributed by atoms with Gasteiger partial charge in [0, 0.05) is 38.9 Å². The van der Waals surface area contributed by atoms with E-state index in [1.54, 1.807) is 0 Å². The molecule has 0 spiro atoms. The summed E-state index contributed by atoms with van der Waals surface area (Å²) >= 11 is 0. The fourth-order valence-electron chi connectivity index (χ4n) is 7.66. The first-order chi connectivity index (χ1) is 24.8. The highest BCUT2D eigenvalue weighted by molar-refractivity contribution is 6.13. The van der Waals surface area contributed by atoms with E-state index in [0.29, 0.717) is 17.5 Å². The first-order valence-corrected chi connectivity index (χ1v) is 16.9. The molecule has 4 heteroatoms. The smallest absolute Gasteiger partial charge is 0.164 e. The molecule has 1 atom stereocenters. The maximum Gasteiger partial charge on any atom is 0.164 e. The molecule has 9 aromatic rings. The van der Waals surface area contributed by atoms with Crippen molar-refractivity contribution in [3.05, 3.63) is 187 Å². The van der Waals surface area contributed by atoms with Crippen LogP contribution in [0.3, 0.4) is 0 Å². The highest BCUT2D eigenvalue weighted by Crippen LogP contribution is 2.53. The van der Waals surface area contributed by atoms with E-state index in [1.165, 1.54) is 33.4 Å². The van der Waals surface area contributed by atoms with Gasteiger partial charge in [0.25, 0.3) is 0 Å². The lowest BCUT2D eigenvalue weighted by Crippen LogP contribution is -2.00. The van der Waals surface area contributed by atoms with Crippen molar-refractivity contribution in [2.75, 3.05) is 0 Å². The molecule has 1 unspecified atom stereocenters. The Hall–Kier alpha value is -6.65. The minimum absolute atomic E-state index is 0.0177. The average molecular weight is 640 g/mol. The van der Waals surface area contributed by atoms with Gasteiger partial charge >= 0.3 is 0 Å². The molecule has 7 aromatic carbocycles. The van der Waals surface area contributed by atoms with E-state index in [9.17, 15) is 0 Å². The minimum atomic E-state index is 0.0177. The SMILES string of the molecule is c1ccc(-c2nc(-c3ccccc3)nc(-c3cccc4oc5c(C6c7ccccc7-c7c(-c8ccccc8)cccc76)cccc5c34)n2)cc1. The summed E-state index contributed by atoms with van der Waals surface area (Å²) in [5, 5.41) is 2.04. The van der Waals surface area contributed by atoms with E-state index in [2.05, 4.69) is 97.1 Å². The molecule has 50 heavy (non-hydrogen) atoms. The number of benzene rings is 7. The Balaban J connectivity index is 1.20. The van der Waals surface area contributed by atoms with Crippen LogP contribution >= 0.6 is 0 Å². The van der Waals surface area contributed by atoms with Gasteiger partial charge in [0.2, 0.25) is 0 Å². The van der Waals surface area contributed by atoms with Gasteiger partial charge < -0.3 is 4.42 Å². The molecule has 234 valence electrons. The van der Waals surface area contributed by atoms with Crippen molar-refractivity contribution >= 4 is 21.9 Å². The Bertz CT molecular complexity index is 2640. The van der Waals surface area contributed by atoms with E-state index >= 15 is 0 Å². The van der Waals surface area contributed by atoms with Crippen molar-refractivity contribution in [1.29, 1.82) is 0 Å². The van der Waals surface area contributed by atoms with Crippen LogP contribution in [0, 0.1) is 0 Å². The Morgan fingerprint density at radius 1 is 0.380 bits per heavy atom. The van der Waals surface area contributed by atoms with Crippen molar-refractivity contribution < 1.29 is 4.42 Å². The van der Waals surface area contributed by atoms with Crippen LogP contribution in [0.5, 0.6) is 0 Å². The van der Waals surface area contributed by atoms with Gasteiger partial charge in [0.1, 0.15) is 11.2 Å². The third kappa shape index (κ3) is 4.50. The van der Waals surface area contributed by atoms with Crippen LogP contribution in [0.15, 0.2) is 174 Å². The van der Waals surface area contributed by atoms with Crippen LogP contribution in [-0.2, 0) is 0 Å². The normalized spacial score (nSPS) is 13.4. The van der Waals surface area contributed by atoms with Crippen LogP contribution in [0.4, 0.5) is 0 Å². The van der Waals surface area contributed by atoms with Crippen LogP contribution in [-0.4, -0.2) is 15.0 Å². The number of aromatic nitrogens is 3. The number of para-hydroxylation sites is 1. The molecular formula is C46H29N3O. The average Bonchev–Trinajstić information content (AvgIpc) is 3.75. The van der Waals surface area contributed by atoms with E-state index in [4.69, 9.17) is 19.4 Å². The van der Waals surface area contributed by atoms with Crippen molar-refractivity contribution in [3.8, 4) is 56.4 Å². The number of fused-ring (bicyclic) bond motifs is 6. The summed E-state index contributed by atoms with van der Waals surface area (Å²) in [4.78, 5) is 15.1. The van der Waals surface area contributed by atoms with Crippen LogP contribution in [0.2, 0.25) is 0 Å². The first-order valence-electron chi connectivity index (χ1n) is 16.9. The molecule has 0 bridgehead atoms. The quantitative estimate of drug-likeness (QED) is 0.188. The molecule has 2 aromatic heterocycles. The zero-order valence-corrected chi connectivity index (χ0v) is 27.0. The van der Waals surface area contributed by atoms with Gasteiger partial charge in [-0.25, -0.2) is 15.0 Å². The zero-order chi connectivity index (χ0) is 33.0. The zero-order valence-electron chi connectivity index (χ0n) is 27.0. The van der Waals surface area contributed by atoms with Gasteiger partial charge in [-0.15, -0.1) is 0 Å². The number of rotatable bonds is 5. The van der Waals surface area contributed by atoms with E-state index < -0.39 is 0 Å². The maximum absolute atomic E-state index is 6.86. The summed E-state index contributed by atoms with van der Waals surface area (Å²) in [5.74, 6) is 1.89. The molecule has 0 aliphatic heterocycles. The van der Waals surface area contributed by atoms with E-state index in [0.717, 1.165) is 44.2 Å². The predicted molar refractivity (Wildman–Crippen MR) is 202 cm³/mol. The summed E-state index contributed by atoms with van der Waals surface area (Å²) < 4.78 is 6.86. The Kier molecular flexibility index (Phi) is 6.53. The third-order valence-electron chi connectivity index (χ3n) is 9.84. The third-order valence-corrected chi connectivity index (χ3v) is 9.84. The van der Waals surface area contributed by atoms with Gasteiger partial charge in [-0.2, -0.15) is 0 Å². The molecule has 0 amide bonds. The van der Waals surface area contributed by atoms with Gasteiger partial charge in [0.15, 0.2) is 17.5 Å². The Morgan fingerprint density at radius 3 is 1.62 bits per heavy atom. The minimum Gasteiger partial charge on any atom is -0.456 e. The van der Waals surface area contributed by atoms with Crippen molar-refractivity contribution in [2.24, 2.45) is 0 Å². The molecule has 2 heterocycles. The summed E-state index contributed by atoms with van der Waals surface area (Å²) in [5.41, 5.74) is 13.2. The monoisotopic (exact) mass is 639 g/mol. The number of nitrogens with zero attached hydrogens (tertiary/aromatic N) is 3. The largest absolute Gasteiger partial charge is 0.456 e. The number of hydrogen-bond acceptors (Lipinski definition) is 4. The molecule has 0 fully saturated rings. The second-order valence-corrected chi connectivity index (χ2v) is 12.7. The van der Waals surface area contributed by atoms with E-state index in [1.807, 2.05) is 72.8 Å². The lowest BCUT2D eigenvalue weighted by Gasteiger charge is -2.15. The van der Waals surface area contributed by atoms with E-state index in [-0.39, 0.29) is 5.92 Å². The summed E-state index contributed by atoms with van der Waals surface area (Å²) in [6.45, 7) is 0. The van der Waals surface area contributed by atoms with Gasteiger partial charge in [-0.05, 0) is 39.4 Å². The van der Waals surface area contributed by atoms with Gasteiger partial charge in [0.05, 0.1) is 0 Å². The molecule has 0 saturated carbocycles. The molecule has 0 saturated heterocycles. The molecular weight excluding hydrogens is 611 g/mol. The molecule has 4 nitrogen and oxygen atoms in total. The Morgan fingerprint density at radius 2 is 0.900 bits per heavy atom. The van der Waals surface area contributed by atoms with Crippen molar-refractivity contribution in [1.82, 2.24) is 15.0 Å². The van der Waals surface area contributed by atoms with Crippen LogP contribution < -0.4 is 0 Å². The fraction of sp³-hybridized carbons (Fsp3) is 0.0217. The topological polar surface area (TPSA) is 51.8 Å². The Labute approximate surface area is 289 Å². The summed E-state index contributed by atoms with van der Waals surface area (Å²) in [6.07, 6.45) is 0. The lowest BCUT2D eigenvalue weighted by molar-refractivity contribution is 0.661. The van der Waals surface area contributed by atoms with Gasteiger partial charge in [-0.3, -0.25) is 0 Å². The van der Waals surface area contributed by atoms with Crippen molar-refractivity contribution in [3.63, 3.8) is 0 Å². The summed E-state index contributed by atoms with van der Waals surface area (Å²) in [6, 6.07) is 59.1. The standard InChI is InChI=1S/C46H29N3O/c1-4-15-29(16-5-1)32-23-12-24-35-40(32)33-21-10-11-22-34(33)41(35)36-25-13-26-37-42-38(27-14-28-39(42)50-43(36)37)46-48-44(30-17-6-2-7-18-30)47-45(49-46)31-19-8-3-9-20-31/h1-28,41H. The number of hydrogen-bond donors (Lipinski definition) is 0. The van der Waals surface area contributed by atoms with Crippen LogP contribution in [0.25, 0.3) is 78.4 Å². The molecule has 0 radical (unpaired) electrons. The van der Waals surface area contributed by atoms with Crippen LogP contribution in [0.1, 0.15) is 22.6 Å².